The van der Waals surface area contributed by atoms with E-state index in [1.165, 1.54) is 0 Å². The predicted octanol–water partition coefficient (Wildman–Crippen LogP) is 3.19. The van der Waals surface area contributed by atoms with E-state index in [0.29, 0.717) is 11.5 Å². The van der Waals surface area contributed by atoms with Crippen LogP contribution in [0.3, 0.4) is 0 Å². The zero-order valence-electron chi connectivity index (χ0n) is 12.0. The fourth-order valence-electron chi connectivity index (χ4n) is 1.97. The molecule has 4 heteroatoms. The molecule has 20 heavy (non-hydrogen) atoms. The minimum atomic E-state index is 0.593. The lowest BCUT2D eigenvalue weighted by atomic mass is 10.0. The Kier molecular flexibility index (Phi) is 4.35. The van der Waals surface area contributed by atoms with Crippen LogP contribution in [-0.2, 0) is 0 Å². The summed E-state index contributed by atoms with van der Waals surface area (Å²) in [7, 11) is 6.45. The highest BCUT2D eigenvalue weighted by molar-refractivity contribution is 5.77. The van der Waals surface area contributed by atoms with Crippen LogP contribution in [0, 0.1) is 6.07 Å². The molecule has 0 aliphatic carbocycles. The first-order valence-corrected chi connectivity index (χ1v) is 6.10. The van der Waals surface area contributed by atoms with Crippen LogP contribution in [0.4, 0.5) is 0 Å². The third-order valence-electron chi connectivity index (χ3n) is 3.00. The predicted molar refractivity (Wildman–Crippen MR) is 76.9 cm³/mol. The maximum atomic E-state index is 5.40. The van der Waals surface area contributed by atoms with Crippen molar-refractivity contribution < 1.29 is 18.9 Å². The van der Waals surface area contributed by atoms with E-state index in [-0.39, 0.29) is 0 Å². The lowest BCUT2D eigenvalue weighted by molar-refractivity contribution is 0.392. The van der Waals surface area contributed by atoms with Crippen molar-refractivity contribution in [3.05, 3.63) is 36.4 Å². The monoisotopic (exact) mass is 273 g/mol. The van der Waals surface area contributed by atoms with Crippen molar-refractivity contribution in [2.75, 3.05) is 28.4 Å². The van der Waals surface area contributed by atoms with Gasteiger partial charge < -0.3 is 18.9 Å². The van der Waals surface area contributed by atoms with Crippen molar-refractivity contribution in [2.24, 2.45) is 0 Å². The summed E-state index contributed by atoms with van der Waals surface area (Å²) in [5, 5.41) is 0. The summed E-state index contributed by atoms with van der Waals surface area (Å²) in [6.07, 6.45) is 0. The molecule has 0 N–H and O–H groups in total. The van der Waals surface area contributed by atoms with Crippen molar-refractivity contribution in [1.82, 2.24) is 0 Å². The molecule has 4 nitrogen and oxygen atoms in total. The van der Waals surface area contributed by atoms with Gasteiger partial charge in [-0.3, -0.25) is 0 Å². The standard InChI is InChI=1S/C16H17O4/c1-17-11-6-8-15(19-3)14(9-11)13-7-5-12(18-2)10-16(13)20-4/h5-9H,1-4H3. The summed E-state index contributed by atoms with van der Waals surface area (Å²) in [4.78, 5) is 0. The van der Waals surface area contributed by atoms with Gasteiger partial charge in [-0.05, 0) is 30.3 Å². The summed E-state index contributed by atoms with van der Waals surface area (Å²) >= 11 is 0. The van der Waals surface area contributed by atoms with Crippen LogP contribution in [-0.4, -0.2) is 28.4 Å². The number of methoxy groups -OCH3 is 4. The van der Waals surface area contributed by atoms with E-state index in [4.69, 9.17) is 18.9 Å². The average Bonchev–Trinajstić information content (AvgIpc) is 2.53. The zero-order valence-corrected chi connectivity index (χ0v) is 12.0. The molecule has 0 aliphatic rings. The van der Waals surface area contributed by atoms with E-state index in [9.17, 15) is 0 Å². The Bertz CT molecular complexity index is 593. The molecule has 0 saturated heterocycles. The van der Waals surface area contributed by atoms with Crippen molar-refractivity contribution in [2.45, 2.75) is 0 Å². The molecule has 2 aromatic carbocycles. The van der Waals surface area contributed by atoms with Crippen LogP contribution in [0.2, 0.25) is 0 Å². The summed E-state index contributed by atoms with van der Waals surface area (Å²) in [5.74, 6) is 2.70. The van der Waals surface area contributed by atoms with Gasteiger partial charge in [0.05, 0.1) is 34.5 Å². The van der Waals surface area contributed by atoms with Gasteiger partial charge in [-0.15, -0.1) is 0 Å². The molecule has 2 rings (SSSR count). The lowest BCUT2D eigenvalue weighted by Crippen LogP contribution is -1.94. The topological polar surface area (TPSA) is 36.9 Å². The van der Waals surface area contributed by atoms with Gasteiger partial charge in [-0.1, -0.05) is 0 Å². The van der Waals surface area contributed by atoms with Crippen molar-refractivity contribution in [1.29, 1.82) is 0 Å². The highest BCUT2D eigenvalue weighted by Crippen LogP contribution is 2.39. The second-order valence-electron chi connectivity index (χ2n) is 4.04. The Morgan fingerprint density at radius 3 is 2.15 bits per heavy atom. The van der Waals surface area contributed by atoms with E-state index in [0.717, 1.165) is 22.6 Å². The third kappa shape index (κ3) is 2.64. The Morgan fingerprint density at radius 2 is 1.55 bits per heavy atom. The molecular weight excluding hydrogens is 256 g/mol. The van der Waals surface area contributed by atoms with Crippen molar-refractivity contribution in [3.63, 3.8) is 0 Å². The maximum absolute atomic E-state index is 5.40. The van der Waals surface area contributed by atoms with Crippen LogP contribution in [0.1, 0.15) is 0 Å². The molecule has 0 aliphatic heterocycles. The zero-order chi connectivity index (χ0) is 14.5. The number of hydrogen-bond acceptors (Lipinski definition) is 4. The van der Waals surface area contributed by atoms with Crippen LogP contribution in [0.15, 0.2) is 30.3 Å². The molecule has 2 aromatic rings. The van der Waals surface area contributed by atoms with Gasteiger partial charge in [0.15, 0.2) is 0 Å². The van der Waals surface area contributed by atoms with E-state index >= 15 is 0 Å². The van der Waals surface area contributed by atoms with E-state index in [1.807, 2.05) is 30.3 Å². The Morgan fingerprint density at radius 1 is 0.750 bits per heavy atom. The Hall–Kier alpha value is -2.36. The number of hydrogen-bond donors (Lipinski definition) is 0. The molecule has 0 saturated carbocycles. The molecule has 0 spiro atoms. The molecule has 105 valence electrons. The minimum Gasteiger partial charge on any atom is -0.497 e. The molecule has 0 heterocycles. The summed E-state index contributed by atoms with van der Waals surface area (Å²) < 4.78 is 21.2. The van der Waals surface area contributed by atoms with E-state index in [1.54, 1.807) is 28.4 Å². The first kappa shape index (κ1) is 14.1. The second kappa shape index (κ2) is 6.19. The fraction of sp³-hybridized carbons (Fsp3) is 0.250. The molecule has 0 unspecified atom stereocenters. The molecule has 0 fully saturated rings. The third-order valence-corrected chi connectivity index (χ3v) is 3.00. The van der Waals surface area contributed by atoms with Gasteiger partial charge in [0.2, 0.25) is 0 Å². The molecule has 1 radical (unpaired) electrons. The first-order valence-electron chi connectivity index (χ1n) is 6.10. The van der Waals surface area contributed by atoms with Gasteiger partial charge in [0.25, 0.3) is 0 Å². The number of rotatable bonds is 5. The number of ether oxygens (including phenoxy) is 4. The minimum absolute atomic E-state index is 0.593. The smallest absolute Gasteiger partial charge is 0.138 e. The van der Waals surface area contributed by atoms with E-state index in [2.05, 4.69) is 6.07 Å². The van der Waals surface area contributed by atoms with Gasteiger partial charge in [0, 0.05) is 11.1 Å². The van der Waals surface area contributed by atoms with Gasteiger partial charge in [0.1, 0.15) is 23.0 Å². The van der Waals surface area contributed by atoms with Crippen molar-refractivity contribution >= 4 is 0 Å². The van der Waals surface area contributed by atoms with Crippen LogP contribution < -0.4 is 18.9 Å². The normalized spacial score (nSPS) is 10.0. The SMILES string of the molecule is COc1[c]c(OC)c(-c2cc(OC)ccc2OC)cc1. The summed E-state index contributed by atoms with van der Waals surface area (Å²) in [5.41, 5.74) is 1.74. The molecule has 0 aromatic heterocycles. The van der Waals surface area contributed by atoms with Crippen LogP contribution in [0.25, 0.3) is 11.1 Å². The first-order chi connectivity index (χ1) is 9.73. The summed E-state index contributed by atoms with van der Waals surface area (Å²) in [6.45, 7) is 0. The lowest BCUT2D eigenvalue weighted by Gasteiger charge is -2.14. The number of benzene rings is 2. The molecule has 0 bridgehead atoms. The average molecular weight is 273 g/mol. The molecule has 0 atom stereocenters. The van der Waals surface area contributed by atoms with Gasteiger partial charge >= 0.3 is 0 Å². The van der Waals surface area contributed by atoms with Crippen LogP contribution in [0.5, 0.6) is 23.0 Å². The van der Waals surface area contributed by atoms with Gasteiger partial charge in [-0.25, -0.2) is 0 Å². The van der Waals surface area contributed by atoms with Gasteiger partial charge in [-0.2, -0.15) is 0 Å². The Balaban J connectivity index is 2.60. The van der Waals surface area contributed by atoms with E-state index < -0.39 is 0 Å². The highest BCUT2D eigenvalue weighted by Gasteiger charge is 2.13. The largest absolute Gasteiger partial charge is 0.497 e. The Labute approximate surface area is 118 Å². The molecular formula is C16H17O4. The molecule has 0 amide bonds. The van der Waals surface area contributed by atoms with Crippen molar-refractivity contribution in [3.8, 4) is 34.1 Å². The fourth-order valence-corrected chi connectivity index (χ4v) is 1.97. The summed E-state index contributed by atoms with van der Waals surface area (Å²) in [6, 6.07) is 12.4. The second-order valence-corrected chi connectivity index (χ2v) is 4.04. The highest BCUT2D eigenvalue weighted by atomic mass is 16.5. The maximum Gasteiger partial charge on any atom is 0.138 e. The quantitative estimate of drug-likeness (QED) is 0.838. The van der Waals surface area contributed by atoms with Crippen LogP contribution >= 0.6 is 0 Å².